The van der Waals surface area contributed by atoms with Crippen molar-refractivity contribution in [3.8, 4) is 0 Å². The summed E-state index contributed by atoms with van der Waals surface area (Å²) < 4.78 is 7.15. The van der Waals surface area contributed by atoms with Gasteiger partial charge in [0.25, 0.3) is 11.6 Å². The van der Waals surface area contributed by atoms with Crippen LogP contribution in [0.3, 0.4) is 0 Å². The van der Waals surface area contributed by atoms with Crippen molar-refractivity contribution in [1.82, 2.24) is 30.5 Å². The van der Waals surface area contributed by atoms with Crippen LogP contribution in [0.15, 0.2) is 51.1 Å². The molecule has 0 aliphatic carbocycles. The molecule has 12 nitrogen and oxygen atoms in total. The second-order valence-electron chi connectivity index (χ2n) is 6.90. The molecule has 2 amide bonds. The number of nitro benzene ring substituents is 1. The van der Waals surface area contributed by atoms with E-state index in [0.717, 1.165) is 30.9 Å². The fraction of sp³-hybridized carbons (Fsp3) is 0.300. The normalized spacial score (nSPS) is 10.9. The first-order valence-electron chi connectivity index (χ1n) is 10.0. The molecule has 0 bridgehead atoms. The highest BCUT2D eigenvalue weighted by atomic mass is 32.2. The molecular weight excluding hydrogens is 450 g/mol. The zero-order valence-corrected chi connectivity index (χ0v) is 19.1. The first-order chi connectivity index (χ1) is 15.8. The molecule has 0 unspecified atom stereocenters. The average Bonchev–Trinajstić information content (AvgIpc) is 3.44. The van der Waals surface area contributed by atoms with Gasteiger partial charge in [-0.05, 0) is 49.1 Å². The number of amides is 2. The van der Waals surface area contributed by atoms with E-state index in [1.165, 1.54) is 24.5 Å². The number of nitrogens with one attached hydrogen (secondary N) is 2. The molecule has 0 fully saturated rings. The molecule has 0 aliphatic rings. The van der Waals surface area contributed by atoms with E-state index in [1.807, 2.05) is 13.8 Å². The molecule has 3 rings (SSSR count). The van der Waals surface area contributed by atoms with Crippen molar-refractivity contribution >= 4 is 29.3 Å². The SMILES string of the molecule is CCN(CC)Cc1ccc(C(=O)NNC(=O)c2ccc(Sc3nncn3C)c([N+](=O)[O-])c2)o1. The van der Waals surface area contributed by atoms with E-state index in [4.69, 9.17) is 4.42 Å². The van der Waals surface area contributed by atoms with Crippen LogP contribution in [0, 0.1) is 10.1 Å². The highest BCUT2D eigenvalue weighted by molar-refractivity contribution is 7.99. The van der Waals surface area contributed by atoms with Gasteiger partial charge in [0.1, 0.15) is 12.1 Å². The Kier molecular flexibility index (Phi) is 7.79. The standard InChI is InChI=1S/C20H23N7O5S/c1-4-26(5-2)11-14-7-8-16(32-14)19(29)23-22-18(28)13-6-9-17(15(10-13)27(30)31)33-20-24-21-12-25(20)3/h6-10,12H,4-5,11H2,1-3H3,(H,22,28)(H,23,29). The Morgan fingerprint density at radius 3 is 2.55 bits per heavy atom. The minimum absolute atomic E-state index is 0.00554. The zero-order valence-electron chi connectivity index (χ0n) is 18.3. The van der Waals surface area contributed by atoms with Crippen LogP contribution >= 0.6 is 11.8 Å². The molecular formula is C20H23N7O5S. The van der Waals surface area contributed by atoms with Crippen molar-refractivity contribution in [3.63, 3.8) is 0 Å². The molecule has 1 aromatic carbocycles. The van der Waals surface area contributed by atoms with E-state index in [1.54, 1.807) is 17.7 Å². The van der Waals surface area contributed by atoms with Crippen LogP contribution in [-0.4, -0.2) is 49.5 Å². The lowest BCUT2D eigenvalue weighted by Gasteiger charge is -2.15. The average molecular weight is 474 g/mol. The van der Waals surface area contributed by atoms with Crippen molar-refractivity contribution in [1.29, 1.82) is 0 Å². The molecule has 0 radical (unpaired) electrons. The van der Waals surface area contributed by atoms with Gasteiger partial charge in [-0.15, -0.1) is 10.2 Å². The fourth-order valence-corrected chi connectivity index (χ4v) is 3.70. The molecule has 3 aromatic rings. The third-order valence-electron chi connectivity index (χ3n) is 4.74. The molecule has 13 heteroatoms. The van der Waals surface area contributed by atoms with E-state index >= 15 is 0 Å². The highest BCUT2D eigenvalue weighted by Crippen LogP contribution is 2.34. The number of aromatic nitrogens is 3. The van der Waals surface area contributed by atoms with Crippen molar-refractivity contribution in [2.75, 3.05) is 13.1 Å². The van der Waals surface area contributed by atoms with Gasteiger partial charge in [0, 0.05) is 18.7 Å². The molecule has 33 heavy (non-hydrogen) atoms. The number of carbonyl (C=O) groups is 2. The Balaban J connectivity index is 1.65. The Hall–Kier alpha value is -3.71. The van der Waals surface area contributed by atoms with Crippen LogP contribution in [-0.2, 0) is 13.6 Å². The van der Waals surface area contributed by atoms with Gasteiger partial charge in [0.15, 0.2) is 10.9 Å². The van der Waals surface area contributed by atoms with E-state index in [2.05, 4.69) is 25.9 Å². The first-order valence-corrected chi connectivity index (χ1v) is 10.9. The van der Waals surface area contributed by atoms with Crippen molar-refractivity contribution < 1.29 is 18.9 Å². The topological polar surface area (TPSA) is 148 Å². The van der Waals surface area contributed by atoms with Crippen molar-refractivity contribution in [3.05, 3.63) is 63.9 Å². The quantitative estimate of drug-likeness (QED) is 0.353. The van der Waals surface area contributed by atoms with Gasteiger partial charge in [-0.1, -0.05) is 13.8 Å². The van der Waals surface area contributed by atoms with Gasteiger partial charge in [0.05, 0.1) is 16.4 Å². The van der Waals surface area contributed by atoms with Gasteiger partial charge in [-0.2, -0.15) is 0 Å². The number of hydrazine groups is 1. The first kappa shape index (κ1) is 23.9. The lowest BCUT2D eigenvalue weighted by molar-refractivity contribution is -0.387. The van der Waals surface area contributed by atoms with Crippen LogP contribution < -0.4 is 10.9 Å². The second-order valence-corrected chi connectivity index (χ2v) is 7.91. The summed E-state index contributed by atoms with van der Waals surface area (Å²) in [4.78, 5) is 38.1. The number of aryl methyl sites for hydroxylation is 1. The zero-order chi connectivity index (χ0) is 24.0. The number of benzene rings is 1. The molecule has 0 saturated heterocycles. The van der Waals surface area contributed by atoms with Crippen molar-refractivity contribution in [2.24, 2.45) is 7.05 Å². The maximum Gasteiger partial charge on any atom is 0.305 e. The molecule has 0 spiro atoms. The third-order valence-corrected chi connectivity index (χ3v) is 5.86. The number of hydrogen-bond donors (Lipinski definition) is 2. The van der Waals surface area contributed by atoms with Gasteiger partial charge in [-0.25, -0.2) is 0 Å². The summed E-state index contributed by atoms with van der Waals surface area (Å²) in [6.45, 7) is 6.31. The summed E-state index contributed by atoms with van der Waals surface area (Å²) in [7, 11) is 1.71. The van der Waals surface area contributed by atoms with Crippen LogP contribution in [0.1, 0.15) is 40.5 Å². The minimum atomic E-state index is -0.712. The van der Waals surface area contributed by atoms with Gasteiger partial charge >= 0.3 is 5.91 Å². The highest BCUT2D eigenvalue weighted by Gasteiger charge is 2.21. The Bertz CT molecular complexity index is 1160. The number of rotatable bonds is 9. The van der Waals surface area contributed by atoms with Gasteiger partial charge < -0.3 is 8.98 Å². The lowest BCUT2D eigenvalue weighted by atomic mass is 10.2. The summed E-state index contributed by atoms with van der Waals surface area (Å²) in [5.74, 6) is -0.685. The van der Waals surface area contributed by atoms with Gasteiger partial charge in [-0.3, -0.25) is 35.5 Å². The molecule has 2 aromatic heterocycles. The monoisotopic (exact) mass is 473 g/mol. The summed E-state index contributed by atoms with van der Waals surface area (Å²) in [6, 6.07) is 7.22. The summed E-state index contributed by atoms with van der Waals surface area (Å²) in [6.07, 6.45) is 1.48. The van der Waals surface area contributed by atoms with E-state index < -0.39 is 16.7 Å². The lowest BCUT2D eigenvalue weighted by Crippen LogP contribution is -2.41. The fourth-order valence-electron chi connectivity index (χ4n) is 2.85. The predicted octanol–water partition coefficient (Wildman–Crippen LogP) is 2.38. The number of carbonyl (C=O) groups excluding carboxylic acids is 2. The Morgan fingerprint density at radius 2 is 1.91 bits per heavy atom. The molecule has 2 heterocycles. The maximum absolute atomic E-state index is 12.4. The van der Waals surface area contributed by atoms with Gasteiger partial charge in [0.2, 0.25) is 0 Å². The molecule has 2 N–H and O–H groups in total. The number of furan rings is 1. The minimum Gasteiger partial charge on any atom is -0.454 e. The molecule has 0 atom stereocenters. The second kappa shape index (κ2) is 10.7. The summed E-state index contributed by atoms with van der Waals surface area (Å²) >= 11 is 1.05. The molecule has 0 saturated carbocycles. The van der Waals surface area contributed by atoms with E-state index in [0.29, 0.717) is 22.4 Å². The molecule has 174 valence electrons. The Morgan fingerprint density at radius 1 is 1.18 bits per heavy atom. The smallest absolute Gasteiger partial charge is 0.305 e. The Labute approximate surface area is 193 Å². The van der Waals surface area contributed by atoms with E-state index in [9.17, 15) is 19.7 Å². The predicted molar refractivity (Wildman–Crippen MR) is 118 cm³/mol. The van der Waals surface area contributed by atoms with Crippen molar-refractivity contribution in [2.45, 2.75) is 30.4 Å². The maximum atomic E-state index is 12.4. The van der Waals surface area contributed by atoms with Crippen LogP contribution in [0.25, 0.3) is 0 Å². The summed E-state index contributed by atoms with van der Waals surface area (Å²) in [5.41, 5.74) is 4.24. The van der Waals surface area contributed by atoms with Crippen LogP contribution in [0.4, 0.5) is 5.69 Å². The van der Waals surface area contributed by atoms with Crippen LogP contribution in [0.5, 0.6) is 0 Å². The van der Waals surface area contributed by atoms with Crippen LogP contribution in [0.2, 0.25) is 0 Å². The third kappa shape index (κ3) is 5.96. The van der Waals surface area contributed by atoms with E-state index in [-0.39, 0.29) is 17.0 Å². The molecule has 0 aliphatic heterocycles. The number of hydrogen-bond acceptors (Lipinski definition) is 9. The number of nitro groups is 1. The number of nitrogens with zero attached hydrogens (tertiary/aromatic N) is 5. The largest absolute Gasteiger partial charge is 0.454 e. The summed E-state index contributed by atoms with van der Waals surface area (Å²) in [5, 5.41) is 19.6.